The molecule has 2 heterocycles. The zero-order valence-electron chi connectivity index (χ0n) is 30.2. The molecular formula is C45H50N2O3. The predicted octanol–water partition coefficient (Wildman–Crippen LogP) is 10.0. The molecule has 0 saturated carbocycles. The normalized spacial score (nSPS) is 15.9. The van der Waals surface area contributed by atoms with E-state index in [1.54, 1.807) is 0 Å². The maximum absolute atomic E-state index is 13.0. The highest BCUT2D eigenvalue weighted by Gasteiger charge is 2.34. The molecule has 50 heavy (non-hydrogen) atoms. The van der Waals surface area contributed by atoms with E-state index in [1.807, 2.05) is 48.5 Å². The van der Waals surface area contributed by atoms with Crippen molar-refractivity contribution in [2.45, 2.75) is 79.7 Å². The van der Waals surface area contributed by atoms with Gasteiger partial charge in [-0.1, -0.05) is 119 Å². The van der Waals surface area contributed by atoms with Crippen LogP contribution in [-0.2, 0) is 42.1 Å². The Bertz CT molecular complexity index is 1860. The van der Waals surface area contributed by atoms with Gasteiger partial charge in [-0.05, 0) is 88.7 Å². The molecular weight excluding hydrogens is 617 g/mol. The highest BCUT2D eigenvalue weighted by molar-refractivity contribution is 5.90. The number of likely N-dealkylation sites (tertiary alicyclic amines) is 1. The average molecular weight is 667 g/mol. The maximum Gasteiger partial charge on any atom is 0.338 e. The summed E-state index contributed by atoms with van der Waals surface area (Å²) < 4.78 is 12.2. The van der Waals surface area contributed by atoms with Gasteiger partial charge in [-0.25, -0.2) is 4.79 Å². The lowest BCUT2D eigenvalue weighted by Crippen LogP contribution is -2.47. The Hall–Kier alpha value is -4.58. The smallest absolute Gasteiger partial charge is 0.338 e. The minimum absolute atomic E-state index is 0.110. The van der Waals surface area contributed by atoms with Crippen molar-refractivity contribution in [3.63, 3.8) is 0 Å². The van der Waals surface area contributed by atoms with Crippen molar-refractivity contribution in [2.75, 3.05) is 13.1 Å². The van der Waals surface area contributed by atoms with Gasteiger partial charge in [0, 0.05) is 30.9 Å². The van der Waals surface area contributed by atoms with Crippen molar-refractivity contribution < 1.29 is 14.3 Å². The number of piperidine rings is 1. The average Bonchev–Trinajstić information content (AvgIpc) is 3.13. The van der Waals surface area contributed by atoms with Gasteiger partial charge in [0.2, 0.25) is 0 Å². The van der Waals surface area contributed by atoms with E-state index in [4.69, 9.17) is 14.5 Å². The largest absolute Gasteiger partial charge is 0.457 e. The fourth-order valence-corrected chi connectivity index (χ4v) is 7.40. The van der Waals surface area contributed by atoms with Crippen LogP contribution in [0.4, 0.5) is 0 Å². The second kappa shape index (κ2) is 16.0. The maximum atomic E-state index is 13.0. The number of pyridine rings is 1. The van der Waals surface area contributed by atoms with Crippen LogP contribution in [0.2, 0.25) is 0 Å². The molecule has 1 saturated heterocycles. The van der Waals surface area contributed by atoms with Gasteiger partial charge < -0.3 is 9.47 Å². The zero-order valence-corrected chi connectivity index (χ0v) is 30.2. The summed E-state index contributed by atoms with van der Waals surface area (Å²) in [5.74, 6) is -0.325. The first-order chi connectivity index (χ1) is 24.2. The number of carbonyl (C=O) groups is 1. The Morgan fingerprint density at radius 3 is 2.06 bits per heavy atom. The zero-order chi connectivity index (χ0) is 35.1. The Balaban J connectivity index is 1.32. The van der Waals surface area contributed by atoms with E-state index in [1.165, 1.54) is 27.8 Å². The van der Waals surface area contributed by atoms with Crippen LogP contribution in [0.1, 0.15) is 78.0 Å². The standard InChI is InChI=1S/C45H50N2O3/c1-6-35-19-14-20-36(7-2)43(35)42-25-40(37-21-23-38(24-22-37)44(48)50-30-34-17-12-9-13-18-34)41(32(3)46-42)28-47-27-39(26-45(4,5)31-47)49-29-33-15-10-8-11-16-33/h8-25,39H,6-7,26-31H2,1-5H3. The summed E-state index contributed by atoms with van der Waals surface area (Å²) in [5, 5.41) is 0. The first-order valence-electron chi connectivity index (χ1n) is 18.0. The summed E-state index contributed by atoms with van der Waals surface area (Å²) in [6, 6.07) is 37.0. The van der Waals surface area contributed by atoms with Gasteiger partial charge in [-0.3, -0.25) is 9.88 Å². The quantitative estimate of drug-likeness (QED) is 0.124. The third-order valence-electron chi connectivity index (χ3n) is 9.83. The molecule has 0 aliphatic carbocycles. The van der Waals surface area contributed by atoms with Crippen LogP contribution in [0.5, 0.6) is 0 Å². The number of hydrogen-bond donors (Lipinski definition) is 0. The number of nitrogens with zero attached hydrogens (tertiary/aromatic N) is 2. The number of aryl methyl sites for hydroxylation is 3. The third kappa shape index (κ3) is 8.58. The van der Waals surface area contributed by atoms with E-state index < -0.39 is 0 Å². The molecule has 1 aliphatic rings. The van der Waals surface area contributed by atoms with Crippen LogP contribution in [0.15, 0.2) is 109 Å². The van der Waals surface area contributed by atoms with Crippen molar-refractivity contribution in [3.05, 3.63) is 148 Å². The number of esters is 1. The molecule has 5 aromatic rings. The molecule has 4 aromatic carbocycles. The topological polar surface area (TPSA) is 51.7 Å². The van der Waals surface area contributed by atoms with Crippen LogP contribution >= 0.6 is 0 Å². The minimum atomic E-state index is -0.325. The Kier molecular flexibility index (Phi) is 11.3. The third-order valence-corrected chi connectivity index (χ3v) is 9.83. The number of ether oxygens (including phenoxy) is 2. The number of aromatic nitrogens is 1. The van der Waals surface area contributed by atoms with Crippen molar-refractivity contribution in [1.29, 1.82) is 0 Å². The number of rotatable bonds is 12. The first kappa shape index (κ1) is 35.3. The lowest BCUT2D eigenvalue weighted by molar-refractivity contribution is -0.0517. The molecule has 0 amide bonds. The van der Waals surface area contributed by atoms with E-state index in [0.717, 1.165) is 67.0 Å². The Morgan fingerprint density at radius 1 is 0.820 bits per heavy atom. The lowest BCUT2D eigenvalue weighted by Gasteiger charge is -2.42. The van der Waals surface area contributed by atoms with Gasteiger partial charge in [-0.2, -0.15) is 0 Å². The second-order valence-corrected chi connectivity index (χ2v) is 14.4. The van der Waals surface area contributed by atoms with E-state index in [-0.39, 0.29) is 24.1 Å². The van der Waals surface area contributed by atoms with E-state index in [2.05, 4.69) is 100 Å². The molecule has 0 spiro atoms. The van der Waals surface area contributed by atoms with Crippen LogP contribution in [0.25, 0.3) is 22.4 Å². The van der Waals surface area contributed by atoms with Gasteiger partial charge in [0.25, 0.3) is 0 Å². The number of hydrogen-bond acceptors (Lipinski definition) is 5. The molecule has 258 valence electrons. The van der Waals surface area contributed by atoms with Gasteiger partial charge >= 0.3 is 5.97 Å². The van der Waals surface area contributed by atoms with Crippen molar-refractivity contribution in [1.82, 2.24) is 9.88 Å². The van der Waals surface area contributed by atoms with Crippen molar-refractivity contribution in [2.24, 2.45) is 5.41 Å². The van der Waals surface area contributed by atoms with Crippen LogP contribution in [-0.4, -0.2) is 35.0 Å². The lowest BCUT2D eigenvalue weighted by atomic mass is 9.82. The van der Waals surface area contributed by atoms with Crippen molar-refractivity contribution >= 4 is 5.97 Å². The molecule has 0 N–H and O–H groups in total. The second-order valence-electron chi connectivity index (χ2n) is 14.4. The van der Waals surface area contributed by atoms with Gasteiger partial charge in [-0.15, -0.1) is 0 Å². The number of benzene rings is 4. The molecule has 0 radical (unpaired) electrons. The summed E-state index contributed by atoms with van der Waals surface area (Å²) in [4.78, 5) is 20.9. The molecule has 5 heteroatoms. The van der Waals surface area contributed by atoms with Gasteiger partial charge in [0.1, 0.15) is 6.61 Å². The van der Waals surface area contributed by atoms with E-state index >= 15 is 0 Å². The molecule has 1 unspecified atom stereocenters. The van der Waals surface area contributed by atoms with Gasteiger partial charge in [0.15, 0.2) is 0 Å². The molecule has 5 nitrogen and oxygen atoms in total. The highest BCUT2D eigenvalue weighted by Crippen LogP contribution is 2.37. The summed E-state index contributed by atoms with van der Waals surface area (Å²) in [6.07, 6.45) is 3.04. The monoisotopic (exact) mass is 666 g/mol. The number of carbonyl (C=O) groups excluding carboxylic acids is 1. The fraction of sp³-hybridized carbons (Fsp3) is 0.333. The minimum Gasteiger partial charge on any atom is -0.457 e. The summed E-state index contributed by atoms with van der Waals surface area (Å²) >= 11 is 0. The van der Waals surface area contributed by atoms with Crippen LogP contribution < -0.4 is 0 Å². The van der Waals surface area contributed by atoms with Crippen LogP contribution in [0, 0.1) is 12.3 Å². The summed E-state index contributed by atoms with van der Waals surface area (Å²) in [7, 11) is 0. The Labute approximate surface area is 298 Å². The molecule has 1 aliphatic heterocycles. The Morgan fingerprint density at radius 2 is 1.44 bits per heavy atom. The molecule has 1 aromatic heterocycles. The van der Waals surface area contributed by atoms with E-state index in [0.29, 0.717) is 12.2 Å². The molecule has 6 rings (SSSR count). The van der Waals surface area contributed by atoms with Crippen LogP contribution in [0.3, 0.4) is 0 Å². The fourth-order valence-electron chi connectivity index (χ4n) is 7.40. The van der Waals surface area contributed by atoms with Crippen molar-refractivity contribution in [3.8, 4) is 22.4 Å². The van der Waals surface area contributed by atoms with Gasteiger partial charge in [0.05, 0.1) is 24.0 Å². The van der Waals surface area contributed by atoms with E-state index in [9.17, 15) is 4.79 Å². The SMILES string of the molecule is CCc1cccc(CC)c1-c1cc(-c2ccc(C(=O)OCc3ccccc3)cc2)c(CN2CC(OCc3ccccc3)CC(C)(C)C2)c(C)n1. The highest BCUT2D eigenvalue weighted by atomic mass is 16.5. The molecule has 1 fully saturated rings. The summed E-state index contributed by atoms with van der Waals surface area (Å²) in [5.41, 5.74) is 12.1. The summed E-state index contributed by atoms with van der Waals surface area (Å²) in [6.45, 7) is 14.7. The first-order valence-corrected chi connectivity index (χ1v) is 18.0. The molecule has 1 atom stereocenters. The predicted molar refractivity (Wildman–Crippen MR) is 203 cm³/mol. The molecule has 0 bridgehead atoms.